The van der Waals surface area contributed by atoms with Crippen LogP contribution in [0.5, 0.6) is 0 Å². The number of hydrogen-bond donors (Lipinski definition) is 1. The fraction of sp³-hybridized carbons (Fsp3) is 0.895. The third kappa shape index (κ3) is 5.56. The second kappa shape index (κ2) is 9.87. The second-order valence-electron chi connectivity index (χ2n) is 8.16. The molecule has 0 aliphatic carbocycles. The quantitative estimate of drug-likeness (QED) is 0.608. The summed E-state index contributed by atoms with van der Waals surface area (Å²) >= 11 is 0. The minimum atomic E-state index is -0.784. The van der Waals surface area contributed by atoms with E-state index >= 15 is 0 Å². The highest BCUT2D eigenvalue weighted by Gasteiger charge is 2.39. The lowest BCUT2D eigenvalue weighted by Gasteiger charge is -2.43. The van der Waals surface area contributed by atoms with Gasteiger partial charge in [0.2, 0.25) is 0 Å². The van der Waals surface area contributed by atoms with E-state index in [1.807, 2.05) is 4.90 Å². The number of aliphatic carboxylic acids is 1. The smallest absolute Gasteiger partial charge is 0.411 e. The molecule has 28 heavy (non-hydrogen) atoms. The summed E-state index contributed by atoms with van der Waals surface area (Å²) in [7, 11) is 1.76. The van der Waals surface area contributed by atoms with Crippen molar-refractivity contribution in [2.24, 2.45) is 0 Å². The van der Waals surface area contributed by atoms with E-state index in [-0.39, 0.29) is 24.9 Å². The van der Waals surface area contributed by atoms with Gasteiger partial charge >= 0.3 is 12.1 Å². The van der Waals surface area contributed by atoms with Crippen LogP contribution in [0.3, 0.4) is 0 Å². The Hall–Kier alpha value is -1.42. The summed E-state index contributed by atoms with van der Waals surface area (Å²) < 4.78 is 5.54. The SMILES string of the molecule is CCN1CCN(CCCC2CN(CC(=O)O)CCN2C2CN(C)C(=O)O2)CC1. The fourth-order valence-corrected chi connectivity index (χ4v) is 4.51. The van der Waals surface area contributed by atoms with Crippen molar-refractivity contribution in [3.63, 3.8) is 0 Å². The summed E-state index contributed by atoms with van der Waals surface area (Å²) in [5.74, 6) is -0.784. The van der Waals surface area contributed by atoms with E-state index in [9.17, 15) is 9.59 Å². The van der Waals surface area contributed by atoms with Crippen LogP contribution in [-0.2, 0) is 9.53 Å². The van der Waals surface area contributed by atoms with Gasteiger partial charge in [-0.15, -0.1) is 0 Å². The summed E-state index contributed by atoms with van der Waals surface area (Å²) in [5.41, 5.74) is 0. The van der Waals surface area contributed by atoms with E-state index in [0.29, 0.717) is 19.6 Å². The molecule has 0 spiro atoms. The Labute approximate surface area is 167 Å². The molecule has 3 aliphatic heterocycles. The normalized spacial score (nSPS) is 28.6. The van der Waals surface area contributed by atoms with Crippen LogP contribution in [0.4, 0.5) is 4.79 Å². The van der Waals surface area contributed by atoms with Crippen LogP contribution in [0.1, 0.15) is 19.8 Å². The molecule has 0 radical (unpaired) electrons. The largest absolute Gasteiger partial charge is 0.480 e. The number of nitrogens with zero attached hydrogens (tertiary/aromatic N) is 5. The minimum absolute atomic E-state index is 0.0771. The molecule has 1 amide bonds. The Balaban J connectivity index is 1.52. The van der Waals surface area contributed by atoms with Crippen molar-refractivity contribution in [1.29, 1.82) is 0 Å². The highest BCUT2D eigenvalue weighted by Crippen LogP contribution is 2.22. The molecular formula is C19H35N5O4. The van der Waals surface area contributed by atoms with Gasteiger partial charge in [-0.3, -0.25) is 14.6 Å². The van der Waals surface area contributed by atoms with Gasteiger partial charge in [-0.2, -0.15) is 0 Å². The summed E-state index contributed by atoms with van der Waals surface area (Å²) in [6.07, 6.45) is 1.57. The first kappa shape index (κ1) is 21.3. The molecule has 160 valence electrons. The van der Waals surface area contributed by atoms with Gasteiger partial charge in [-0.1, -0.05) is 6.92 Å². The molecule has 2 atom stereocenters. The maximum Gasteiger partial charge on any atom is 0.411 e. The maximum absolute atomic E-state index is 11.8. The predicted octanol–water partition coefficient (Wildman–Crippen LogP) is -0.117. The molecule has 9 nitrogen and oxygen atoms in total. The average Bonchev–Trinajstić information content (AvgIpc) is 3.00. The number of carboxylic acid groups (broad SMARTS) is 1. The van der Waals surface area contributed by atoms with Crippen LogP contribution in [0.25, 0.3) is 0 Å². The molecule has 2 unspecified atom stereocenters. The molecule has 3 aliphatic rings. The molecule has 3 heterocycles. The lowest BCUT2D eigenvalue weighted by molar-refractivity contribution is -0.139. The van der Waals surface area contributed by atoms with Crippen molar-refractivity contribution in [2.45, 2.75) is 32.0 Å². The van der Waals surface area contributed by atoms with Gasteiger partial charge in [0.25, 0.3) is 0 Å². The lowest BCUT2D eigenvalue weighted by Crippen LogP contribution is -2.58. The average molecular weight is 398 g/mol. The molecular weight excluding hydrogens is 362 g/mol. The van der Waals surface area contributed by atoms with E-state index in [4.69, 9.17) is 9.84 Å². The lowest BCUT2D eigenvalue weighted by atomic mass is 10.0. The molecule has 9 heteroatoms. The minimum Gasteiger partial charge on any atom is -0.480 e. The van der Waals surface area contributed by atoms with Crippen LogP contribution >= 0.6 is 0 Å². The van der Waals surface area contributed by atoms with Crippen LogP contribution in [0, 0.1) is 0 Å². The first-order chi connectivity index (χ1) is 13.5. The topological polar surface area (TPSA) is 79.8 Å². The number of rotatable bonds is 8. The van der Waals surface area contributed by atoms with E-state index in [2.05, 4.69) is 21.6 Å². The van der Waals surface area contributed by atoms with E-state index < -0.39 is 5.97 Å². The van der Waals surface area contributed by atoms with Gasteiger partial charge < -0.3 is 24.5 Å². The highest BCUT2D eigenvalue weighted by molar-refractivity contribution is 5.69. The molecule has 3 rings (SSSR count). The van der Waals surface area contributed by atoms with E-state index in [0.717, 1.165) is 58.7 Å². The maximum atomic E-state index is 11.8. The summed E-state index contributed by atoms with van der Waals surface area (Å²) in [4.78, 5) is 33.8. The van der Waals surface area contributed by atoms with Gasteiger partial charge in [-0.25, -0.2) is 4.79 Å². The van der Waals surface area contributed by atoms with Crippen molar-refractivity contribution < 1.29 is 19.4 Å². The first-order valence-electron chi connectivity index (χ1n) is 10.5. The molecule has 1 N–H and O–H groups in total. The van der Waals surface area contributed by atoms with Crippen molar-refractivity contribution in [2.75, 3.05) is 79.0 Å². The second-order valence-corrected chi connectivity index (χ2v) is 8.16. The molecule has 0 bridgehead atoms. The molecule has 0 aromatic carbocycles. The Morgan fingerprint density at radius 2 is 1.75 bits per heavy atom. The molecule has 0 aromatic heterocycles. The molecule has 0 aromatic rings. The van der Waals surface area contributed by atoms with Crippen LogP contribution < -0.4 is 0 Å². The standard InChI is InChI=1S/C19H35N5O4/c1-3-21-7-9-22(10-8-21)6-4-5-16-13-23(15-18(25)26)11-12-24(16)17-14-20(2)19(27)28-17/h16-17H,3-15H2,1-2H3,(H,25,26). The van der Waals surface area contributed by atoms with Gasteiger partial charge in [0.1, 0.15) is 0 Å². The number of ether oxygens (including phenoxy) is 1. The third-order valence-electron chi connectivity index (χ3n) is 6.24. The number of likely N-dealkylation sites (N-methyl/N-ethyl adjacent to an activating group) is 2. The van der Waals surface area contributed by atoms with Crippen molar-refractivity contribution in [3.05, 3.63) is 0 Å². The van der Waals surface area contributed by atoms with Gasteiger partial charge in [0, 0.05) is 58.9 Å². The summed E-state index contributed by atoms with van der Waals surface area (Å²) in [5, 5.41) is 9.14. The van der Waals surface area contributed by atoms with Crippen molar-refractivity contribution in [3.8, 4) is 0 Å². The number of amides is 1. The number of carbonyl (C=O) groups excluding carboxylic acids is 1. The van der Waals surface area contributed by atoms with Crippen LogP contribution in [0.2, 0.25) is 0 Å². The van der Waals surface area contributed by atoms with E-state index in [1.165, 1.54) is 0 Å². The number of piperazine rings is 2. The third-order valence-corrected chi connectivity index (χ3v) is 6.24. The van der Waals surface area contributed by atoms with Crippen LogP contribution in [0.15, 0.2) is 0 Å². The van der Waals surface area contributed by atoms with Gasteiger partial charge in [-0.05, 0) is 25.9 Å². The summed E-state index contributed by atoms with van der Waals surface area (Å²) in [6, 6.07) is 0.217. The number of cyclic esters (lactones) is 1. The number of carboxylic acids is 1. The van der Waals surface area contributed by atoms with Crippen LogP contribution in [-0.4, -0.2) is 133 Å². The van der Waals surface area contributed by atoms with Gasteiger partial charge in [0.15, 0.2) is 6.23 Å². The zero-order valence-corrected chi connectivity index (χ0v) is 17.3. The Morgan fingerprint density at radius 1 is 1.07 bits per heavy atom. The first-order valence-corrected chi connectivity index (χ1v) is 10.5. The molecule has 0 saturated carbocycles. The van der Waals surface area contributed by atoms with E-state index in [1.54, 1.807) is 11.9 Å². The predicted molar refractivity (Wildman–Crippen MR) is 105 cm³/mol. The monoisotopic (exact) mass is 397 g/mol. The zero-order chi connectivity index (χ0) is 20.1. The zero-order valence-electron chi connectivity index (χ0n) is 17.3. The fourth-order valence-electron chi connectivity index (χ4n) is 4.51. The Kier molecular flexibility index (Phi) is 7.50. The molecule has 3 saturated heterocycles. The van der Waals surface area contributed by atoms with Crippen molar-refractivity contribution in [1.82, 2.24) is 24.5 Å². The van der Waals surface area contributed by atoms with Gasteiger partial charge in [0.05, 0.1) is 13.1 Å². The number of carbonyl (C=O) groups is 2. The Bertz CT molecular complexity index is 540. The molecule has 3 fully saturated rings. The van der Waals surface area contributed by atoms with Crippen molar-refractivity contribution >= 4 is 12.1 Å². The Morgan fingerprint density at radius 3 is 2.36 bits per heavy atom. The number of hydrogen-bond acceptors (Lipinski definition) is 7. The summed E-state index contributed by atoms with van der Waals surface area (Å²) in [6.45, 7) is 11.7. The highest BCUT2D eigenvalue weighted by atomic mass is 16.6.